The van der Waals surface area contributed by atoms with Crippen LogP contribution in [0.15, 0.2) is 24.3 Å². The van der Waals surface area contributed by atoms with Gasteiger partial charge < -0.3 is 15.0 Å². The molecule has 10 radical (unpaired) electrons. The van der Waals surface area contributed by atoms with E-state index in [4.69, 9.17) is 4.74 Å². The third-order valence-electron chi connectivity index (χ3n) is 5.19. The van der Waals surface area contributed by atoms with Crippen LogP contribution in [0.2, 0.25) is 0 Å². The maximum absolute atomic E-state index is 11.9. The topological polar surface area (TPSA) is 41.6 Å². The van der Waals surface area contributed by atoms with Gasteiger partial charge in [0.25, 0.3) is 0 Å². The molecule has 1 N–H and O–H groups in total. The number of hydrogen-bond acceptors (Lipinski definition) is 3. The van der Waals surface area contributed by atoms with Crippen LogP contribution in [0, 0.1) is 63.7 Å². The first-order valence-electron chi connectivity index (χ1n) is 10.9. The van der Waals surface area contributed by atoms with E-state index in [1.165, 1.54) is 32.4 Å². The second kappa shape index (κ2) is 15.7. The van der Waals surface area contributed by atoms with Gasteiger partial charge in [-0.3, -0.25) is 4.79 Å². The van der Waals surface area contributed by atoms with Crippen molar-refractivity contribution < 1.29 is 26.6 Å². The van der Waals surface area contributed by atoms with Crippen LogP contribution in [0.25, 0.3) is 0 Å². The molecule has 1 aromatic rings. The summed E-state index contributed by atoms with van der Waals surface area (Å²) in [6.07, 6.45) is 22.5. The van der Waals surface area contributed by atoms with Crippen LogP contribution in [0.5, 0.6) is 5.75 Å². The fourth-order valence-electron chi connectivity index (χ4n) is 3.50. The fraction of sp³-hybridized carbons (Fsp3) is 0.346. The number of likely N-dealkylation sites (tertiary alicyclic amines) is 1. The van der Waals surface area contributed by atoms with Gasteiger partial charge in [-0.05, 0) is 108 Å². The summed E-state index contributed by atoms with van der Waals surface area (Å²) in [5.41, 5.74) is 1.07. The van der Waals surface area contributed by atoms with E-state index in [1.54, 1.807) is 0 Å². The number of nitrogens with zero attached hydrogens (tertiary/aromatic N) is 1. The second-order valence-corrected chi connectivity index (χ2v) is 7.57. The normalized spacial score (nSPS) is 19.2. The smallest absolute Gasteiger partial charge is 0.494 e. The summed E-state index contributed by atoms with van der Waals surface area (Å²) in [6.45, 7) is 4.89. The zero-order valence-corrected chi connectivity index (χ0v) is 19.1. The molecule has 4 nitrogen and oxygen atoms in total. The van der Waals surface area contributed by atoms with Crippen LogP contribution < -0.4 is 10.1 Å². The molecule has 2 aliphatic carbocycles. The van der Waals surface area contributed by atoms with Crippen LogP contribution in [-0.2, 0) is 28.4 Å². The van der Waals surface area contributed by atoms with Gasteiger partial charge in [-0.1, -0.05) is 18.6 Å². The average Bonchev–Trinajstić information content (AvgIpc) is 3.54. The number of hydrogen-bond donors (Lipinski definition) is 1. The van der Waals surface area contributed by atoms with Gasteiger partial charge in [0.2, 0.25) is 5.91 Å². The molecule has 164 valence electrons. The Balaban J connectivity index is 0.000000501. The van der Waals surface area contributed by atoms with E-state index in [1.807, 2.05) is 82.1 Å². The molecule has 3 fully saturated rings. The molecule has 0 aromatic heterocycles. The van der Waals surface area contributed by atoms with Crippen molar-refractivity contribution in [1.82, 2.24) is 10.2 Å². The number of rotatable bonds is 8. The Kier molecular flexibility index (Phi) is 13.3. The summed E-state index contributed by atoms with van der Waals surface area (Å²) < 4.78 is 5.82. The number of nitrogens with one attached hydrogen (secondary N) is 1. The van der Waals surface area contributed by atoms with Crippen molar-refractivity contribution in [3.8, 4) is 5.75 Å². The van der Waals surface area contributed by atoms with Crippen LogP contribution >= 0.6 is 0 Å². The first kappa shape index (κ1) is 26.2. The van der Waals surface area contributed by atoms with Crippen LogP contribution in [0.1, 0.15) is 31.2 Å². The molecule has 4 rings (SSSR count). The summed E-state index contributed by atoms with van der Waals surface area (Å²) in [5.74, 6) is 1.56. The quantitative estimate of drug-likeness (QED) is 0.472. The number of piperidine rings is 1. The molecule has 1 amide bonds. The zero-order chi connectivity index (χ0) is 20.9. The molecule has 5 heteroatoms. The summed E-state index contributed by atoms with van der Waals surface area (Å²) >= 11 is 0. The van der Waals surface area contributed by atoms with Crippen molar-refractivity contribution in [2.45, 2.75) is 32.2 Å². The molecule has 0 bridgehead atoms. The minimum Gasteiger partial charge on any atom is -0.494 e. The van der Waals surface area contributed by atoms with Gasteiger partial charge >= 0.3 is 17.1 Å². The molecule has 1 heterocycles. The van der Waals surface area contributed by atoms with E-state index < -0.39 is 0 Å². The standard InChI is InChI=1S/C21H27N2O2.C5H5.Fe/c24-21(19-7-2-3-8-19)22-17-18-9-11-20(12-10-18)25-16-6-15-23-13-4-1-5-14-23;1-2-4-5-3-1;/h2-3,7-12H,1,4-6,13-17H2,(H,22,24);1-5H;/q;;+2. The first-order valence-corrected chi connectivity index (χ1v) is 10.9. The van der Waals surface area contributed by atoms with Crippen molar-refractivity contribution in [3.63, 3.8) is 0 Å². The Morgan fingerprint density at radius 3 is 2.10 bits per heavy atom. The molecular weight excluding hydrogens is 428 g/mol. The minimum atomic E-state index is -0.0389. The molecule has 0 spiro atoms. The van der Waals surface area contributed by atoms with E-state index in [2.05, 4.69) is 10.2 Å². The first-order chi connectivity index (χ1) is 14.8. The minimum absolute atomic E-state index is 0. The third-order valence-corrected chi connectivity index (χ3v) is 5.19. The van der Waals surface area contributed by atoms with Crippen molar-refractivity contribution >= 4 is 5.91 Å². The number of carbonyl (C=O) groups excluding carboxylic acids is 1. The molecule has 0 unspecified atom stereocenters. The average molecular weight is 460 g/mol. The molecule has 31 heavy (non-hydrogen) atoms. The number of carbonyl (C=O) groups is 1. The van der Waals surface area contributed by atoms with Gasteiger partial charge in [-0.2, -0.15) is 0 Å². The molecular formula is C26H32FeN2O2+2. The Hall–Kier alpha value is -1.03. The SMILES string of the molecule is O=C(NCc1ccc(OCCCN2CCCCC2)cc1)[C]1[CH][CH][CH][CH]1.[CH]1[CH][CH][CH][CH]1.[Fe+2]. The zero-order valence-electron chi connectivity index (χ0n) is 18.0. The predicted molar refractivity (Wildman–Crippen MR) is 121 cm³/mol. The predicted octanol–water partition coefficient (Wildman–Crippen LogP) is 3.98. The van der Waals surface area contributed by atoms with Gasteiger partial charge in [0, 0.05) is 13.1 Å². The number of benzene rings is 1. The Morgan fingerprint density at radius 2 is 1.48 bits per heavy atom. The van der Waals surface area contributed by atoms with E-state index in [0.29, 0.717) is 12.5 Å². The van der Waals surface area contributed by atoms with Crippen molar-refractivity contribution in [2.75, 3.05) is 26.2 Å². The molecule has 1 saturated heterocycles. The van der Waals surface area contributed by atoms with E-state index >= 15 is 0 Å². The van der Waals surface area contributed by atoms with Gasteiger partial charge in [0.05, 0.1) is 12.5 Å². The van der Waals surface area contributed by atoms with Crippen molar-refractivity contribution in [3.05, 3.63) is 93.5 Å². The number of ether oxygens (including phenoxy) is 1. The van der Waals surface area contributed by atoms with Crippen LogP contribution in [-0.4, -0.2) is 37.0 Å². The van der Waals surface area contributed by atoms with E-state index in [0.717, 1.165) is 30.9 Å². The van der Waals surface area contributed by atoms with Crippen LogP contribution in [0.4, 0.5) is 0 Å². The van der Waals surface area contributed by atoms with Gasteiger partial charge in [0.1, 0.15) is 5.75 Å². The van der Waals surface area contributed by atoms with Gasteiger partial charge in [-0.25, -0.2) is 0 Å². The van der Waals surface area contributed by atoms with Gasteiger partial charge in [0.15, 0.2) is 0 Å². The molecule has 1 aromatic carbocycles. The summed E-state index contributed by atoms with van der Waals surface area (Å²) in [4.78, 5) is 14.4. The third kappa shape index (κ3) is 10.4. The maximum atomic E-state index is 11.9. The Morgan fingerprint density at radius 1 is 0.871 bits per heavy atom. The molecule has 3 aliphatic rings. The molecule has 2 saturated carbocycles. The largest absolute Gasteiger partial charge is 2.00 e. The monoisotopic (exact) mass is 460 g/mol. The van der Waals surface area contributed by atoms with E-state index in [-0.39, 0.29) is 23.0 Å². The Labute approximate surface area is 200 Å². The second-order valence-electron chi connectivity index (χ2n) is 7.57. The summed E-state index contributed by atoms with van der Waals surface area (Å²) in [5, 5.41) is 2.92. The maximum Gasteiger partial charge on any atom is 2.00 e. The molecule has 0 atom stereocenters. The molecule has 1 aliphatic heterocycles. The van der Waals surface area contributed by atoms with Crippen molar-refractivity contribution in [1.29, 1.82) is 0 Å². The fourth-order valence-corrected chi connectivity index (χ4v) is 3.50. The summed E-state index contributed by atoms with van der Waals surface area (Å²) in [6, 6.07) is 7.96. The van der Waals surface area contributed by atoms with Gasteiger partial charge in [-0.15, -0.1) is 0 Å². The van der Waals surface area contributed by atoms with E-state index in [9.17, 15) is 4.79 Å². The Bertz CT molecular complexity index is 584. The van der Waals surface area contributed by atoms with Crippen LogP contribution in [0.3, 0.4) is 0 Å². The van der Waals surface area contributed by atoms with Crippen molar-refractivity contribution in [2.24, 2.45) is 0 Å². The number of amides is 1. The summed E-state index contributed by atoms with van der Waals surface area (Å²) in [7, 11) is 0.